The molecule has 0 spiro atoms. The van der Waals surface area contributed by atoms with Gasteiger partial charge in [-0.3, -0.25) is 9.97 Å². The quantitative estimate of drug-likeness (QED) is 0.514. The topological polar surface area (TPSA) is 25.8 Å². The predicted octanol–water partition coefficient (Wildman–Crippen LogP) is 3.09. The molecule has 0 bridgehead atoms. The zero-order chi connectivity index (χ0) is 10.3. The monoisotopic (exact) mass is 194 g/mol. The lowest BCUT2D eigenvalue weighted by Crippen LogP contribution is -1.85. The van der Waals surface area contributed by atoms with Gasteiger partial charge in [0.1, 0.15) is 0 Å². The smallest absolute Gasteiger partial charge is 0.0712 e. The maximum Gasteiger partial charge on any atom is 0.0712 e. The molecule has 0 unspecified atom stereocenters. The molecule has 2 aromatic heterocycles. The fraction of sp³-hybridized carbons (Fsp3) is 0.0769. The molecule has 3 rings (SSSR count). The van der Waals surface area contributed by atoms with Crippen LogP contribution in [-0.4, -0.2) is 9.97 Å². The Morgan fingerprint density at radius 3 is 2.60 bits per heavy atom. The summed E-state index contributed by atoms with van der Waals surface area (Å²) in [5.74, 6) is 0. The maximum absolute atomic E-state index is 4.36. The van der Waals surface area contributed by atoms with Crippen molar-refractivity contribution >= 4 is 21.8 Å². The summed E-state index contributed by atoms with van der Waals surface area (Å²) in [6.07, 6.45) is 3.67. The number of rotatable bonds is 0. The average molecular weight is 194 g/mol. The second kappa shape index (κ2) is 3.02. The Hall–Kier alpha value is -1.96. The molecule has 0 aliphatic heterocycles. The largest absolute Gasteiger partial charge is 0.256 e. The van der Waals surface area contributed by atoms with Crippen molar-refractivity contribution in [3.05, 3.63) is 48.3 Å². The van der Waals surface area contributed by atoms with Crippen molar-refractivity contribution in [1.82, 2.24) is 9.97 Å². The van der Waals surface area contributed by atoms with Gasteiger partial charge in [-0.1, -0.05) is 6.07 Å². The van der Waals surface area contributed by atoms with Crippen molar-refractivity contribution in [3.63, 3.8) is 0 Å². The van der Waals surface area contributed by atoms with Crippen LogP contribution in [0.1, 0.15) is 5.56 Å². The second-order valence-electron chi connectivity index (χ2n) is 3.66. The molecule has 1 aromatic carbocycles. The zero-order valence-corrected chi connectivity index (χ0v) is 8.44. The van der Waals surface area contributed by atoms with Gasteiger partial charge in [-0.25, -0.2) is 0 Å². The summed E-state index contributed by atoms with van der Waals surface area (Å²) in [5, 5.41) is 2.39. The standard InChI is InChI=1S/C13H10N2/c1-9-6-8-15-12-5-4-11-10(13(9)12)3-2-7-14-11/h2-8H,1H3. The lowest BCUT2D eigenvalue weighted by atomic mass is 10.1. The zero-order valence-electron chi connectivity index (χ0n) is 8.44. The Kier molecular flexibility index (Phi) is 1.68. The van der Waals surface area contributed by atoms with E-state index in [4.69, 9.17) is 0 Å². The predicted molar refractivity (Wildman–Crippen MR) is 61.8 cm³/mol. The van der Waals surface area contributed by atoms with E-state index in [0.717, 1.165) is 11.0 Å². The van der Waals surface area contributed by atoms with Gasteiger partial charge in [0.2, 0.25) is 0 Å². The van der Waals surface area contributed by atoms with Crippen LogP contribution < -0.4 is 0 Å². The van der Waals surface area contributed by atoms with Crippen LogP contribution in [0.4, 0.5) is 0 Å². The van der Waals surface area contributed by atoms with E-state index in [1.807, 2.05) is 36.7 Å². The summed E-state index contributed by atoms with van der Waals surface area (Å²) in [6.45, 7) is 2.11. The minimum Gasteiger partial charge on any atom is -0.256 e. The molecule has 72 valence electrons. The number of benzene rings is 1. The van der Waals surface area contributed by atoms with E-state index in [0.29, 0.717) is 0 Å². The highest BCUT2D eigenvalue weighted by Gasteiger charge is 2.03. The summed E-state index contributed by atoms with van der Waals surface area (Å²) in [4.78, 5) is 8.71. The third-order valence-electron chi connectivity index (χ3n) is 2.70. The van der Waals surface area contributed by atoms with E-state index in [2.05, 4.69) is 23.0 Å². The Morgan fingerprint density at radius 2 is 1.67 bits per heavy atom. The van der Waals surface area contributed by atoms with Crippen LogP contribution in [0.3, 0.4) is 0 Å². The fourth-order valence-electron chi connectivity index (χ4n) is 1.98. The summed E-state index contributed by atoms with van der Waals surface area (Å²) >= 11 is 0. The Balaban J connectivity index is 2.64. The summed E-state index contributed by atoms with van der Waals surface area (Å²) in [7, 11) is 0. The third-order valence-corrected chi connectivity index (χ3v) is 2.70. The molecule has 0 aliphatic rings. The Bertz CT molecular complexity index is 644. The molecule has 15 heavy (non-hydrogen) atoms. The third kappa shape index (κ3) is 1.18. The van der Waals surface area contributed by atoms with Crippen LogP contribution >= 0.6 is 0 Å². The van der Waals surface area contributed by atoms with Crippen molar-refractivity contribution in [3.8, 4) is 0 Å². The normalized spacial score (nSPS) is 11.0. The number of hydrogen-bond acceptors (Lipinski definition) is 2. The first-order valence-corrected chi connectivity index (χ1v) is 4.95. The fourth-order valence-corrected chi connectivity index (χ4v) is 1.98. The lowest BCUT2D eigenvalue weighted by molar-refractivity contribution is 1.36. The molecule has 0 atom stereocenters. The van der Waals surface area contributed by atoms with Gasteiger partial charge in [-0.2, -0.15) is 0 Å². The first kappa shape index (κ1) is 8.36. The first-order chi connectivity index (χ1) is 7.36. The van der Waals surface area contributed by atoms with Gasteiger partial charge >= 0.3 is 0 Å². The maximum atomic E-state index is 4.36. The van der Waals surface area contributed by atoms with Gasteiger partial charge < -0.3 is 0 Å². The molecule has 0 saturated heterocycles. The second-order valence-corrected chi connectivity index (χ2v) is 3.66. The van der Waals surface area contributed by atoms with Crippen molar-refractivity contribution in [2.45, 2.75) is 6.92 Å². The molecular formula is C13H10N2. The minimum atomic E-state index is 1.03. The van der Waals surface area contributed by atoms with Gasteiger partial charge in [0.05, 0.1) is 11.0 Å². The van der Waals surface area contributed by atoms with Gasteiger partial charge in [0.25, 0.3) is 0 Å². The van der Waals surface area contributed by atoms with Crippen LogP contribution in [0.2, 0.25) is 0 Å². The summed E-state index contributed by atoms with van der Waals surface area (Å²) in [6, 6.07) is 10.1. The molecule has 2 nitrogen and oxygen atoms in total. The van der Waals surface area contributed by atoms with Crippen LogP contribution in [0.15, 0.2) is 42.7 Å². The average Bonchev–Trinajstić information content (AvgIpc) is 2.29. The molecule has 0 amide bonds. The van der Waals surface area contributed by atoms with Gasteiger partial charge in [0, 0.05) is 23.2 Å². The first-order valence-electron chi connectivity index (χ1n) is 4.95. The van der Waals surface area contributed by atoms with Crippen LogP contribution in [0.5, 0.6) is 0 Å². The van der Waals surface area contributed by atoms with E-state index < -0.39 is 0 Å². The number of aryl methyl sites for hydroxylation is 1. The number of nitrogens with zero attached hydrogens (tertiary/aromatic N) is 2. The summed E-state index contributed by atoms with van der Waals surface area (Å²) < 4.78 is 0. The van der Waals surface area contributed by atoms with Crippen LogP contribution in [0.25, 0.3) is 21.8 Å². The highest BCUT2D eigenvalue weighted by molar-refractivity contribution is 6.06. The number of pyridine rings is 2. The van der Waals surface area contributed by atoms with Crippen molar-refractivity contribution in [1.29, 1.82) is 0 Å². The lowest BCUT2D eigenvalue weighted by Gasteiger charge is -2.04. The molecule has 0 aliphatic carbocycles. The van der Waals surface area contributed by atoms with E-state index in [-0.39, 0.29) is 0 Å². The highest BCUT2D eigenvalue weighted by atomic mass is 14.7. The molecule has 0 radical (unpaired) electrons. The van der Waals surface area contributed by atoms with E-state index >= 15 is 0 Å². The number of aromatic nitrogens is 2. The van der Waals surface area contributed by atoms with Gasteiger partial charge in [0.15, 0.2) is 0 Å². The molecular weight excluding hydrogens is 184 g/mol. The molecule has 0 N–H and O–H groups in total. The number of hydrogen-bond donors (Lipinski definition) is 0. The van der Waals surface area contributed by atoms with Crippen LogP contribution in [0, 0.1) is 6.92 Å². The van der Waals surface area contributed by atoms with E-state index in [1.165, 1.54) is 16.3 Å². The van der Waals surface area contributed by atoms with Crippen molar-refractivity contribution in [2.75, 3.05) is 0 Å². The van der Waals surface area contributed by atoms with E-state index in [1.54, 1.807) is 0 Å². The summed E-state index contributed by atoms with van der Waals surface area (Å²) in [5.41, 5.74) is 3.32. The van der Waals surface area contributed by atoms with Crippen molar-refractivity contribution < 1.29 is 0 Å². The Labute approximate surface area is 87.6 Å². The molecule has 0 fully saturated rings. The minimum absolute atomic E-state index is 1.03. The van der Waals surface area contributed by atoms with E-state index in [9.17, 15) is 0 Å². The van der Waals surface area contributed by atoms with Gasteiger partial charge in [-0.05, 0) is 36.8 Å². The van der Waals surface area contributed by atoms with Crippen molar-refractivity contribution in [2.24, 2.45) is 0 Å². The highest BCUT2D eigenvalue weighted by Crippen LogP contribution is 2.24. The molecule has 3 aromatic rings. The Morgan fingerprint density at radius 1 is 0.867 bits per heavy atom. The molecule has 0 saturated carbocycles. The number of fused-ring (bicyclic) bond motifs is 3. The SMILES string of the molecule is Cc1ccnc2ccc3ncccc3c12. The molecule has 2 heterocycles. The van der Waals surface area contributed by atoms with Crippen LogP contribution in [-0.2, 0) is 0 Å². The van der Waals surface area contributed by atoms with Gasteiger partial charge in [-0.15, -0.1) is 0 Å². The molecule has 2 heteroatoms.